The average Bonchev–Trinajstić information content (AvgIpc) is 3.03. The molecule has 0 spiro atoms. The number of likely N-dealkylation sites (N-methyl/N-ethyl adjacent to an activating group) is 1. The fraction of sp³-hybridized carbons (Fsp3) is 0.500. The van der Waals surface area contributed by atoms with E-state index in [9.17, 15) is 15.0 Å². The lowest BCUT2D eigenvalue weighted by molar-refractivity contribution is -0.137. The third-order valence-corrected chi connectivity index (χ3v) is 3.51. The third-order valence-electron chi connectivity index (χ3n) is 3.51. The van der Waals surface area contributed by atoms with Gasteiger partial charge in [-0.1, -0.05) is 0 Å². The molecule has 10 nitrogen and oxygen atoms in total. The summed E-state index contributed by atoms with van der Waals surface area (Å²) in [7, 11) is 0. The highest BCUT2D eigenvalue weighted by Crippen LogP contribution is 2.31. The summed E-state index contributed by atoms with van der Waals surface area (Å²) >= 11 is 0. The Labute approximate surface area is 124 Å². The van der Waals surface area contributed by atoms with E-state index in [0.717, 1.165) is 0 Å². The molecule has 1 amide bonds. The third kappa shape index (κ3) is 2.17. The Morgan fingerprint density at radius 3 is 2.91 bits per heavy atom. The van der Waals surface area contributed by atoms with Gasteiger partial charge in [0.2, 0.25) is 0 Å². The lowest BCUT2D eigenvalue weighted by Gasteiger charge is -2.16. The van der Waals surface area contributed by atoms with E-state index >= 15 is 0 Å². The quantitative estimate of drug-likeness (QED) is 0.517. The van der Waals surface area contributed by atoms with Gasteiger partial charge in [0, 0.05) is 6.54 Å². The van der Waals surface area contributed by atoms with Crippen LogP contribution in [0.25, 0.3) is 11.2 Å². The van der Waals surface area contributed by atoms with Crippen molar-refractivity contribution in [1.29, 1.82) is 0 Å². The topological polar surface area (TPSA) is 148 Å². The number of hydrogen-bond donors (Lipinski definition) is 4. The Kier molecular flexibility index (Phi) is 3.64. The molecule has 3 rings (SSSR count). The maximum atomic E-state index is 11.9. The van der Waals surface area contributed by atoms with Gasteiger partial charge in [0.1, 0.15) is 24.1 Å². The molecule has 0 radical (unpaired) electrons. The number of rotatable bonds is 3. The van der Waals surface area contributed by atoms with Crippen molar-refractivity contribution in [3.05, 3.63) is 12.7 Å². The van der Waals surface area contributed by atoms with Crippen LogP contribution in [-0.2, 0) is 9.53 Å². The number of hydrogen-bond acceptors (Lipinski definition) is 8. The number of nitrogen functional groups attached to an aromatic ring is 1. The molecule has 0 saturated carbocycles. The van der Waals surface area contributed by atoms with Gasteiger partial charge in [0.15, 0.2) is 23.8 Å². The molecule has 0 bridgehead atoms. The SMILES string of the molecule is CCNC(=O)[C@H]1O[C@H](n2cnc3c(N)ncnc32)[C@@H](O)[C@@H]1O. The molecule has 1 fully saturated rings. The van der Waals surface area contributed by atoms with Gasteiger partial charge in [-0.25, -0.2) is 15.0 Å². The van der Waals surface area contributed by atoms with Crippen LogP contribution in [-0.4, -0.2) is 60.5 Å². The molecule has 4 atom stereocenters. The second-order valence-electron chi connectivity index (χ2n) is 4.91. The second-order valence-corrected chi connectivity index (χ2v) is 4.91. The van der Waals surface area contributed by atoms with Crippen molar-refractivity contribution < 1.29 is 19.7 Å². The van der Waals surface area contributed by atoms with E-state index in [4.69, 9.17) is 10.5 Å². The van der Waals surface area contributed by atoms with Crippen molar-refractivity contribution >= 4 is 22.9 Å². The predicted octanol–water partition coefficient (Wildman–Crippen LogP) is -1.84. The van der Waals surface area contributed by atoms with Crippen molar-refractivity contribution in [2.45, 2.75) is 31.5 Å². The van der Waals surface area contributed by atoms with E-state index in [1.807, 2.05) is 0 Å². The minimum atomic E-state index is -1.35. The summed E-state index contributed by atoms with van der Waals surface area (Å²) in [4.78, 5) is 23.8. The molecular formula is C12H16N6O4. The highest BCUT2D eigenvalue weighted by atomic mass is 16.6. The first-order valence-corrected chi connectivity index (χ1v) is 6.77. The summed E-state index contributed by atoms with van der Waals surface area (Å²) < 4.78 is 6.92. The molecule has 10 heteroatoms. The van der Waals surface area contributed by atoms with Gasteiger partial charge in [0.25, 0.3) is 5.91 Å². The maximum absolute atomic E-state index is 11.9. The first-order chi connectivity index (χ1) is 10.5. The van der Waals surface area contributed by atoms with Gasteiger partial charge < -0.3 is 26.0 Å². The Balaban J connectivity index is 1.94. The smallest absolute Gasteiger partial charge is 0.252 e. The Hall–Kier alpha value is -2.30. The van der Waals surface area contributed by atoms with Crippen LogP contribution in [0.3, 0.4) is 0 Å². The minimum Gasteiger partial charge on any atom is -0.387 e. The largest absolute Gasteiger partial charge is 0.387 e. The maximum Gasteiger partial charge on any atom is 0.252 e. The minimum absolute atomic E-state index is 0.192. The lowest BCUT2D eigenvalue weighted by atomic mass is 10.1. The van der Waals surface area contributed by atoms with Crippen LogP contribution in [0, 0.1) is 0 Å². The van der Waals surface area contributed by atoms with Crippen LogP contribution in [0.2, 0.25) is 0 Å². The first kappa shape index (κ1) is 14.6. The number of fused-ring (bicyclic) bond motifs is 1. The molecule has 1 aliphatic rings. The summed E-state index contributed by atoms with van der Waals surface area (Å²) in [5, 5.41) is 22.7. The Bertz CT molecular complexity index is 704. The van der Waals surface area contributed by atoms with E-state index in [-0.39, 0.29) is 5.82 Å². The summed E-state index contributed by atoms with van der Waals surface area (Å²) in [6.07, 6.45) is -2.20. The van der Waals surface area contributed by atoms with Crippen molar-refractivity contribution in [2.24, 2.45) is 0 Å². The number of imidazole rings is 1. The zero-order valence-corrected chi connectivity index (χ0v) is 11.7. The fourth-order valence-corrected chi connectivity index (χ4v) is 2.44. The summed E-state index contributed by atoms with van der Waals surface area (Å²) in [5.74, 6) is -0.299. The number of carbonyl (C=O) groups excluding carboxylic acids is 1. The van der Waals surface area contributed by atoms with Crippen molar-refractivity contribution in [2.75, 3.05) is 12.3 Å². The van der Waals surface area contributed by atoms with Gasteiger partial charge in [-0.05, 0) is 6.92 Å². The second kappa shape index (κ2) is 5.48. The fourth-order valence-electron chi connectivity index (χ4n) is 2.44. The molecule has 0 aromatic carbocycles. The summed E-state index contributed by atoms with van der Waals surface area (Å²) in [6, 6.07) is 0. The van der Waals surface area contributed by atoms with Crippen molar-refractivity contribution in [3.8, 4) is 0 Å². The van der Waals surface area contributed by atoms with E-state index in [2.05, 4.69) is 20.3 Å². The van der Waals surface area contributed by atoms with E-state index in [0.29, 0.717) is 17.7 Å². The predicted molar refractivity (Wildman–Crippen MR) is 74.3 cm³/mol. The number of nitrogens with one attached hydrogen (secondary N) is 1. The van der Waals surface area contributed by atoms with Gasteiger partial charge in [0.05, 0.1) is 6.33 Å². The Morgan fingerprint density at radius 1 is 1.41 bits per heavy atom. The zero-order valence-electron chi connectivity index (χ0n) is 11.7. The van der Waals surface area contributed by atoms with Gasteiger partial charge in [-0.2, -0.15) is 0 Å². The zero-order chi connectivity index (χ0) is 15.9. The van der Waals surface area contributed by atoms with Crippen LogP contribution in [0.1, 0.15) is 13.2 Å². The summed E-state index contributed by atoms with van der Waals surface area (Å²) in [5.41, 5.74) is 6.40. The molecule has 0 unspecified atom stereocenters. The van der Waals surface area contributed by atoms with Crippen LogP contribution < -0.4 is 11.1 Å². The molecular weight excluding hydrogens is 292 g/mol. The number of amides is 1. The molecule has 3 heterocycles. The average molecular weight is 308 g/mol. The van der Waals surface area contributed by atoms with Crippen LogP contribution in [0.15, 0.2) is 12.7 Å². The molecule has 118 valence electrons. The van der Waals surface area contributed by atoms with E-state index in [1.165, 1.54) is 17.2 Å². The number of nitrogens with two attached hydrogens (primary N) is 1. The highest BCUT2D eigenvalue weighted by molar-refractivity contribution is 5.82. The van der Waals surface area contributed by atoms with Crippen LogP contribution in [0.5, 0.6) is 0 Å². The number of aromatic nitrogens is 4. The first-order valence-electron chi connectivity index (χ1n) is 6.77. The number of anilines is 1. The number of ether oxygens (including phenoxy) is 1. The number of nitrogens with zero attached hydrogens (tertiary/aromatic N) is 4. The van der Waals surface area contributed by atoms with Crippen LogP contribution in [0.4, 0.5) is 5.82 Å². The molecule has 1 aliphatic heterocycles. The normalized spacial score (nSPS) is 28.1. The van der Waals surface area contributed by atoms with Crippen LogP contribution >= 0.6 is 0 Å². The van der Waals surface area contributed by atoms with E-state index in [1.54, 1.807) is 6.92 Å². The van der Waals surface area contributed by atoms with Gasteiger partial charge in [-0.15, -0.1) is 0 Å². The highest BCUT2D eigenvalue weighted by Gasteiger charge is 2.47. The van der Waals surface area contributed by atoms with Crippen molar-refractivity contribution in [1.82, 2.24) is 24.8 Å². The Morgan fingerprint density at radius 2 is 2.18 bits per heavy atom. The van der Waals surface area contributed by atoms with Gasteiger partial charge >= 0.3 is 0 Å². The molecule has 1 saturated heterocycles. The monoisotopic (exact) mass is 308 g/mol. The lowest BCUT2D eigenvalue weighted by Crippen LogP contribution is -2.42. The number of aliphatic hydroxyl groups is 2. The molecule has 5 N–H and O–H groups in total. The number of aliphatic hydroxyl groups excluding tert-OH is 2. The molecule has 0 aliphatic carbocycles. The van der Waals surface area contributed by atoms with E-state index < -0.39 is 30.4 Å². The molecule has 22 heavy (non-hydrogen) atoms. The van der Waals surface area contributed by atoms with Gasteiger partial charge in [-0.3, -0.25) is 9.36 Å². The standard InChI is InChI=1S/C12H16N6O4/c1-2-14-11(21)8-6(19)7(20)12(22-8)18-4-17-5-9(13)15-3-16-10(5)18/h3-4,6-8,12,19-20H,2H2,1H3,(H,14,21)(H2,13,15,16)/t6-,7-,8-,12-/m0/s1. The van der Waals surface area contributed by atoms with Crippen molar-refractivity contribution in [3.63, 3.8) is 0 Å². The number of carbonyl (C=O) groups is 1. The molecule has 2 aromatic heterocycles. The molecule has 2 aromatic rings. The summed E-state index contributed by atoms with van der Waals surface area (Å²) in [6.45, 7) is 2.14.